The molecular weight excluding hydrogens is 1120 g/mol. The molecule has 0 aliphatic rings. The number of aromatic hydroxyl groups is 1. The average molecular weight is 1190 g/mol. The Bertz CT molecular complexity index is 4080. The zero-order chi connectivity index (χ0) is 64.4. The van der Waals surface area contributed by atoms with E-state index in [1.807, 2.05) is 0 Å². The number of hydrogen-bond acceptors (Lipinski definition) is 19. The van der Waals surface area contributed by atoms with Gasteiger partial charge >= 0.3 is 35.9 Å². The highest BCUT2D eigenvalue weighted by atomic mass is 16.6. The summed E-state index contributed by atoms with van der Waals surface area (Å²) in [7, 11) is 0. The van der Waals surface area contributed by atoms with Crippen molar-refractivity contribution >= 4 is 119 Å². The smallest absolute Gasteiger partial charge is 0.408 e. The maximum atomic E-state index is 12.7. The van der Waals surface area contributed by atoms with Crippen LogP contribution in [0.2, 0.25) is 0 Å². The normalized spacial score (nSPS) is 11.7. The lowest BCUT2D eigenvalue weighted by Crippen LogP contribution is -2.36. The van der Waals surface area contributed by atoms with Crippen molar-refractivity contribution in [1.82, 2.24) is 5.32 Å². The summed E-state index contributed by atoms with van der Waals surface area (Å²) in [6.07, 6.45) is -0.757. The molecule has 20 heteroatoms. The molecule has 0 atom stereocenters. The van der Waals surface area contributed by atoms with Gasteiger partial charge in [0.05, 0.1) is 38.8 Å². The number of fused-ring (bicyclic) bond motifs is 6. The van der Waals surface area contributed by atoms with E-state index in [2.05, 4.69) is 5.32 Å². The second kappa shape index (κ2) is 25.4. The third kappa shape index (κ3) is 14.6. The number of carbonyl (C=O) groups excluding carboxylic acids is 9. The maximum absolute atomic E-state index is 12.7. The molecule has 3 aromatic heterocycles. The van der Waals surface area contributed by atoms with E-state index < -0.39 is 58.9 Å². The minimum absolute atomic E-state index is 0.0229. The topological polar surface area (TPSA) is 281 Å². The van der Waals surface area contributed by atoms with Gasteiger partial charge < -0.3 is 52.1 Å². The monoisotopic (exact) mass is 1190 g/mol. The Morgan fingerprint density at radius 2 is 0.747 bits per heavy atom. The molecule has 9 aromatic rings. The molecule has 456 valence electrons. The van der Waals surface area contributed by atoms with Crippen molar-refractivity contribution in [1.29, 1.82) is 0 Å². The molecule has 0 aliphatic carbocycles. The molecule has 9 rings (SSSR count). The quantitative estimate of drug-likeness (QED) is 0.0653. The molecule has 0 fully saturated rings. The Hall–Kier alpha value is -9.85. The summed E-state index contributed by atoms with van der Waals surface area (Å²) in [5.74, 6) is -2.99. The zero-order valence-electron chi connectivity index (χ0n) is 51.3. The summed E-state index contributed by atoms with van der Waals surface area (Å²) >= 11 is 0. The number of alkyl carbamates (subject to hydrolysis) is 1. The first-order valence-corrected chi connectivity index (χ1v) is 27.8. The summed E-state index contributed by atoms with van der Waals surface area (Å²) in [5, 5.41) is 17.1. The Morgan fingerprint density at radius 1 is 0.437 bits per heavy atom. The van der Waals surface area contributed by atoms with E-state index in [0.717, 1.165) is 0 Å². The number of rotatable bonds is 12. The summed E-state index contributed by atoms with van der Waals surface area (Å²) in [4.78, 5) is 109. The van der Waals surface area contributed by atoms with E-state index >= 15 is 0 Å². The number of ether oxygens (including phenoxy) is 6. The van der Waals surface area contributed by atoms with Crippen LogP contribution in [0, 0.1) is 22.7 Å². The van der Waals surface area contributed by atoms with E-state index in [-0.39, 0.29) is 103 Å². The number of ketones is 3. The van der Waals surface area contributed by atoms with Crippen molar-refractivity contribution in [3.63, 3.8) is 0 Å². The van der Waals surface area contributed by atoms with Crippen molar-refractivity contribution in [3.05, 3.63) is 108 Å². The van der Waals surface area contributed by atoms with Gasteiger partial charge in [0.15, 0.2) is 68.6 Å². The third-order valence-corrected chi connectivity index (χ3v) is 12.8. The number of furan rings is 3. The van der Waals surface area contributed by atoms with Gasteiger partial charge in [0, 0.05) is 53.1 Å². The molecule has 3 heterocycles. The molecule has 0 spiro atoms. The lowest BCUT2D eigenvalue weighted by Gasteiger charge is -2.20. The van der Waals surface area contributed by atoms with Gasteiger partial charge in [-0.1, -0.05) is 100 Å². The van der Waals surface area contributed by atoms with Crippen molar-refractivity contribution in [3.8, 4) is 34.5 Å². The summed E-state index contributed by atoms with van der Waals surface area (Å²) in [5.41, 5.74) is -1.74. The fourth-order valence-corrected chi connectivity index (χ4v) is 8.22. The number of Topliss-reactive ketones (excluding diaryl/α,β-unsaturated/α-hetero) is 3. The predicted molar refractivity (Wildman–Crippen MR) is 324 cm³/mol. The molecule has 87 heavy (non-hydrogen) atoms. The van der Waals surface area contributed by atoms with Crippen molar-refractivity contribution in [2.75, 3.05) is 6.54 Å². The summed E-state index contributed by atoms with van der Waals surface area (Å²) in [6, 6.07) is 25.4. The largest absolute Gasteiger partial charge is 0.507 e. The van der Waals surface area contributed by atoms with Crippen LogP contribution >= 0.6 is 0 Å². The Balaban J connectivity index is 0.000000187. The molecule has 0 unspecified atom stereocenters. The first kappa shape index (κ1) is 64.7. The molecule has 0 aliphatic heterocycles. The number of phenolic OH excluding ortho intramolecular Hbond substituents is 1. The van der Waals surface area contributed by atoms with E-state index in [9.17, 15) is 48.3 Å². The maximum Gasteiger partial charge on any atom is 0.408 e. The van der Waals surface area contributed by atoms with Gasteiger partial charge in [-0.25, -0.2) is 9.59 Å². The van der Waals surface area contributed by atoms with Crippen molar-refractivity contribution in [2.24, 2.45) is 22.7 Å². The van der Waals surface area contributed by atoms with Crippen LogP contribution < -0.4 is 29.0 Å². The van der Waals surface area contributed by atoms with Crippen LogP contribution in [-0.4, -0.2) is 70.5 Å². The molecule has 0 saturated carbocycles. The molecule has 1 amide bonds. The number of nitrogens with one attached hydrogen (secondary N) is 1. The Labute approximate surface area is 500 Å². The second-order valence-electron chi connectivity index (χ2n) is 24.1. The number of phenols is 1. The summed E-state index contributed by atoms with van der Waals surface area (Å²) < 4.78 is 50.3. The van der Waals surface area contributed by atoms with Crippen LogP contribution in [0.3, 0.4) is 0 Å². The lowest BCUT2D eigenvalue weighted by molar-refractivity contribution is -0.143. The van der Waals surface area contributed by atoms with Gasteiger partial charge in [-0.2, -0.15) is 0 Å². The first-order valence-electron chi connectivity index (χ1n) is 27.8. The van der Waals surface area contributed by atoms with Crippen LogP contribution in [0.25, 0.3) is 65.2 Å². The number of amides is 1. The Morgan fingerprint density at radius 3 is 1.13 bits per heavy atom. The fourth-order valence-electron chi connectivity index (χ4n) is 8.22. The first-order chi connectivity index (χ1) is 40.6. The van der Waals surface area contributed by atoms with Gasteiger partial charge in [-0.3, -0.25) is 33.6 Å². The van der Waals surface area contributed by atoms with Gasteiger partial charge in [0.2, 0.25) is 0 Å². The SMILES string of the molecule is CC(=O)c1cc2c(O)c3ccccc3c(OC(=O)CNC(=O)OC(C)(C)C)c2o1.CC(=O)c1cc2c(OC(=O)C(C)(C)C)c3ccccc3c(OC(=O)C(C)(C)C)c2o1.CC(=O)c1cc2c(OC(=O)C(C)C)c3ccccc3c(OC(=O)C(C)C)c2o1. The van der Waals surface area contributed by atoms with Gasteiger partial charge in [-0.05, 0) is 80.5 Å². The number of esters is 5. The molecule has 6 aromatic carbocycles. The second-order valence-corrected chi connectivity index (χ2v) is 24.1. The average Bonchev–Trinajstić information content (AvgIpc) is 1.87. The van der Waals surface area contributed by atoms with E-state index in [0.29, 0.717) is 43.1 Å². The van der Waals surface area contributed by atoms with E-state index in [1.165, 1.54) is 39.0 Å². The minimum atomic E-state index is -0.770. The van der Waals surface area contributed by atoms with Crippen LogP contribution in [0.5, 0.6) is 34.5 Å². The van der Waals surface area contributed by atoms with Gasteiger partial charge in [-0.15, -0.1) is 0 Å². The molecule has 2 N–H and O–H groups in total. The van der Waals surface area contributed by atoms with Gasteiger partial charge in [0.1, 0.15) is 29.4 Å². The molecule has 20 nitrogen and oxygen atoms in total. The standard InChI is InChI=1S/C24H26O6.C22H22O6.C21H21NO7/c1-13(25)17-12-16-18(29-21(26)23(2,3)4)14-10-8-9-11-15(14)19(20(16)28-17)30-22(27)24(5,6)7;1-11(2)21(24)27-18-14-8-6-7-9-15(14)19(28-22(25)12(3)4)20-16(18)10-17(26-20)13(5)23;1-11(23)15-9-14-17(25)12-7-5-6-8-13(12)18(19(14)27-15)28-16(24)10-22-20(26)29-21(2,3)4/h8-12H,1-7H3;6-12H,1-5H3;5-9,25H,10H2,1-4H3,(H,22,26). The highest BCUT2D eigenvalue weighted by Gasteiger charge is 2.32. The van der Waals surface area contributed by atoms with Gasteiger partial charge in [0.25, 0.3) is 0 Å². The predicted octanol–water partition coefficient (Wildman–Crippen LogP) is 14.5. The summed E-state index contributed by atoms with van der Waals surface area (Å²) in [6.45, 7) is 26.2. The lowest BCUT2D eigenvalue weighted by atomic mass is 9.97. The van der Waals surface area contributed by atoms with Crippen LogP contribution in [0.15, 0.2) is 104 Å². The molecular formula is C67H69NO19. The third-order valence-electron chi connectivity index (χ3n) is 12.8. The van der Waals surface area contributed by atoms with E-state index in [4.69, 9.17) is 41.7 Å². The van der Waals surface area contributed by atoms with Crippen LogP contribution in [0.4, 0.5) is 4.79 Å². The molecule has 0 saturated heterocycles. The van der Waals surface area contributed by atoms with Crippen LogP contribution in [-0.2, 0) is 28.7 Å². The number of benzene rings is 6. The van der Waals surface area contributed by atoms with E-state index in [1.54, 1.807) is 163 Å². The van der Waals surface area contributed by atoms with Crippen molar-refractivity contribution < 1.29 is 89.9 Å². The minimum Gasteiger partial charge on any atom is -0.507 e. The number of carbonyl (C=O) groups is 9. The molecule has 0 bridgehead atoms. The van der Waals surface area contributed by atoms with Crippen LogP contribution in [0.1, 0.15) is 142 Å². The molecule has 0 radical (unpaired) electrons. The zero-order valence-corrected chi connectivity index (χ0v) is 51.3. The highest BCUT2D eigenvalue weighted by Crippen LogP contribution is 2.48. The Kier molecular flexibility index (Phi) is 18.9. The fraction of sp³-hybridized carbons (Fsp3) is 0.328. The number of hydrogen-bond donors (Lipinski definition) is 2. The van der Waals surface area contributed by atoms with Crippen molar-refractivity contribution in [2.45, 2.75) is 116 Å². The highest BCUT2D eigenvalue weighted by molar-refractivity contribution is 6.15.